The fourth-order valence-corrected chi connectivity index (χ4v) is 3.29. The molecule has 5 nitrogen and oxygen atoms in total. The Kier molecular flexibility index (Phi) is 7.72. The van der Waals surface area contributed by atoms with Crippen LogP contribution in [-0.4, -0.2) is 24.2 Å². The first-order valence-corrected chi connectivity index (χ1v) is 9.43. The SMILES string of the molecule is Cc1ccc(CSCCc2ccccc2C(=O)NC(=O)NCC#N)cc1. The molecule has 0 aliphatic heterocycles. The molecule has 2 N–H and O–H groups in total. The molecule has 2 aromatic carbocycles. The maximum absolute atomic E-state index is 12.3. The Bertz CT molecular complexity index is 797. The molecule has 0 spiro atoms. The van der Waals surface area contributed by atoms with Crippen LogP contribution >= 0.6 is 11.8 Å². The lowest BCUT2D eigenvalue weighted by atomic mass is 10.0. The van der Waals surface area contributed by atoms with E-state index in [-0.39, 0.29) is 6.54 Å². The average Bonchev–Trinajstić information content (AvgIpc) is 2.65. The fraction of sp³-hybridized carbons (Fsp3) is 0.250. The second kappa shape index (κ2) is 10.3. The zero-order valence-corrected chi connectivity index (χ0v) is 15.4. The van der Waals surface area contributed by atoms with Crippen LogP contribution in [0, 0.1) is 18.3 Å². The molecule has 2 aromatic rings. The van der Waals surface area contributed by atoms with E-state index >= 15 is 0 Å². The number of imide groups is 1. The molecule has 0 fully saturated rings. The van der Waals surface area contributed by atoms with Gasteiger partial charge in [-0.05, 0) is 36.3 Å². The van der Waals surface area contributed by atoms with Gasteiger partial charge in [-0.25, -0.2) is 4.79 Å². The van der Waals surface area contributed by atoms with Crippen LogP contribution in [0.1, 0.15) is 27.0 Å². The van der Waals surface area contributed by atoms with Crippen LogP contribution in [0.4, 0.5) is 4.79 Å². The number of carbonyl (C=O) groups excluding carboxylic acids is 2. The number of aryl methyl sites for hydroxylation is 2. The zero-order valence-electron chi connectivity index (χ0n) is 14.6. The van der Waals surface area contributed by atoms with Gasteiger partial charge in [-0.2, -0.15) is 17.0 Å². The molecular formula is C20H21N3O2S. The largest absolute Gasteiger partial charge is 0.325 e. The van der Waals surface area contributed by atoms with Crippen LogP contribution < -0.4 is 10.6 Å². The number of nitriles is 1. The first kappa shape index (κ1) is 19.5. The Morgan fingerprint density at radius 1 is 1.12 bits per heavy atom. The number of thioether (sulfide) groups is 1. The summed E-state index contributed by atoms with van der Waals surface area (Å²) in [6.07, 6.45) is 0.736. The van der Waals surface area contributed by atoms with Gasteiger partial charge in [0.2, 0.25) is 0 Å². The molecule has 0 saturated heterocycles. The number of carbonyl (C=O) groups is 2. The molecule has 0 unspecified atom stereocenters. The first-order valence-electron chi connectivity index (χ1n) is 8.27. The van der Waals surface area contributed by atoms with Crippen LogP contribution in [0.15, 0.2) is 48.5 Å². The second-order valence-corrected chi connectivity index (χ2v) is 6.85. The van der Waals surface area contributed by atoms with E-state index in [2.05, 4.69) is 41.8 Å². The maximum atomic E-state index is 12.3. The van der Waals surface area contributed by atoms with Gasteiger partial charge in [0, 0.05) is 11.3 Å². The zero-order chi connectivity index (χ0) is 18.8. The topological polar surface area (TPSA) is 82.0 Å². The Balaban J connectivity index is 1.87. The van der Waals surface area contributed by atoms with Gasteiger partial charge in [0.05, 0.1) is 6.07 Å². The molecule has 0 saturated carbocycles. The number of hydrogen-bond donors (Lipinski definition) is 2. The van der Waals surface area contributed by atoms with Gasteiger partial charge in [0.15, 0.2) is 0 Å². The maximum Gasteiger partial charge on any atom is 0.322 e. The molecule has 3 amide bonds. The third-order valence-electron chi connectivity index (χ3n) is 3.72. The van der Waals surface area contributed by atoms with E-state index in [0.29, 0.717) is 5.56 Å². The Labute approximate surface area is 157 Å². The average molecular weight is 367 g/mol. The van der Waals surface area contributed by atoms with Crippen LogP contribution in [0.3, 0.4) is 0 Å². The fourth-order valence-electron chi connectivity index (χ4n) is 2.35. The molecule has 26 heavy (non-hydrogen) atoms. The molecule has 2 rings (SSSR count). The molecule has 0 atom stereocenters. The lowest BCUT2D eigenvalue weighted by Gasteiger charge is -2.10. The van der Waals surface area contributed by atoms with Crippen LogP contribution in [0.25, 0.3) is 0 Å². The number of hydrogen-bond acceptors (Lipinski definition) is 4. The van der Waals surface area contributed by atoms with Gasteiger partial charge in [0.25, 0.3) is 5.91 Å². The van der Waals surface area contributed by atoms with Gasteiger partial charge in [-0.3, -0.25) is 10.1 Å². The highest BCUT2D eigenvalue weighted by molar-refractivity contribution is 7.98. The second-order valence-electron chi connectivity index (χ2n) is 5.74. The van der Waals surface area contributed by atoms with Crippen molar-refractivity contribution < 1.29 is 9.59 Å². The molecule has 0 heterocycles. The van der Waals surface area contributed by atoms with E-state index in [9.17, 15) is 9.59 Å². The van der Waals surface area contributed by atoms with Gasteiger partial charge < -0.3 is 5.32 Å². The van der Waals surface area contributed by atoms with E-state index in [1.165, 1.54) is 11.1 Å². The van der Waals surface area contributed by atoms with Crippen molar-refractivity contribution in [1.82, 2.24) is 10.6 Å². The highest BCUT2D eigenvalue weighted by Crippen LogP contribution is 2.17. The highest BCUT2D eigenvalue weighted by atomic mass is 32.2. The Morgan fingerprint density at radius 2 is 1.85 bits per heavy atom. The number of urea groups is 1. The number of amides is 3. The monoisotopic (exact) mass is 367 g/mol. The van der Waals surface area contributed by atoms with Crippen LogP contribution in [0.5, 0.6) is 0 Å². The van der Waals surface area contributed by atoms with Crippen molar-refractivity contribution in [2.24, 2.45) is 0 Å². The van der Waals surface area contributed by atoms with Crippen LogP contribution in [0.2, 0.25) is 0 Å². The van der Waals surface area contributed by atoms with Gasteiger partial charge in [0.1, 0.15) is 6.54 Å². The van der Waals surface area contributed by atoms with Crippen molar-refractivity contribution >= 4 is 23.7 Å². The first-order chi connectivity index (χ1) is 12.6. The third kappa shape index (κ3) is 6.26. The standard InChI is InChI=1S/C20H21N3O2S/c1-15-6-8-16(9-7-15)14-26-13-10-17-4-2-3-5-18(17)19(24)23-20(25)22-12-11-21/h2-9H,10,12-14H2,1H3,(H2,22,23,24,25). The van der Waals surface area contributed by atoms with Gasteiger partial charge in [-0.1, -0.05) is 48.0 Å². The summed E-state index contributed by atoms with van der Waals surface area (Å²) < 4.78 is 0. The minimum Gasteiger partial charge on any atom is -0.325 e. The van der Waals surface area contributed by atoms with E-state index in [1.807, 2.05) is 12.1 Å². The number of nitrogens with zero attached hydrogens (tertiary/aromatic N) is 1. The summed E-state index contributed by atoms with van der Waals surface area (Å²) in [5.74, 6) is 1.34. The van der Waals surface area contributed by atoms with Crippen molar-refractivity contribution in [2.45, 2.75) is 19.1 Å². The summed E-state index contributed by atoms with van der Waals surface area (Å²) >= 11 is 1.81. The molecule has 0 radical (unpaired) electrons. The Hall–Kier alpha value is -2.78. The van der Waals surface area contributed by atoms with E-state index in [4.69, 9.17) is 5.26 Å². The minimum absolute atomic E-state index is 0.142. The Morgan fingerprint density at radius 3 is 2.58 bits per heavy atom. The molecule has 0 aliphatic rings. The van der Waals surface area contributed by atoms with Gasteiger partial charge >= 0.3 is 6.03 Å². The van der Waals surface area contributed by atoms with Crippen molar-refractivity contribution in [1.29, 1.82) is 5.26 Å². The van der Waals surface area contributed by atoms with Crippen molar-refractivity contribution in [3.63, 3.8) is 0 Å². The lowest BCUT2D eigenvalue weighted by molar-refractivity contribution is 0.0963. The molecule has 6 heteroatoms. The summed E-state index contributed by atoms with van der Waals surface area (Å²) in [6, 6.07) is 16.8. The van der Waals surface area contributed by atoms with Crippen molar-refractivity contribution in [2.75, 3.05) is 12.3 Å². The van der Waals surface area contributed by atoms with Crippen LogP contribution in [-0.2, 0) is 12.2 Å². The quantitative estimate of drug-likeness (QED) is 0.580. The van der Waals surface area contributed by atoms with E-state index < -0.39 is 11.9 Å². The summed E-state index contributed by atoms with van der Waals surface area (Å²) in [4.78, 5) is 23.8. The van der Waals surface area contributed by atoms with E-state index in [0.717, 1.165) is 23.5 Å². The minimum atomic E-state index is -0.667. The van der Waals surface area contributed by atoms with Gasteiger partial charge in [-0.15, -0.1) is 0 Å². The predicted molar refractivity (Wildman–Crippen MR) is 104 cm³/mol. The molecule has 0 aromatic heterocycles. The summed E-state index contributed by atoms with van der Waals surface area (Å²) in [6.45, 7) is 1.93. The number of nitrogens with one attached hydrogen (secondary N) is 2. The molecule has 0 aliphatic carbocycles. The predicted octanol–water partition coefficient (Wildman–Crippen LogP) is 3.43. The molecule has 134 valence electrons. The lowest BCUT2D eigenvalue weighted by Crippen LogP contribution is -2.39. The molecular weight excluding hydrogens is 346 g/mol. The van der Waals surface area contributed by atoms with Crippen molar-refractivity contribution in [3.05, 3.63) is 70.8 Å². The molecule has 0 bridgehead atoms. The number of rotatable bonds is 7. The highest BCUT2D eigenvalue weighted by Gasteiger charge is 2.13. The summed E-state index contributed by atoms with van der Waals surface area (Å²) in [7, 11) is 0. The summed E-state index contributed by atoms with van der Waals surface area (Å²) in [5.41, 5.74) is 3.91. The third-order valence-corrected chi connectivity index (χ3v) is 4.75. The smallest absolute Gasteiger partial charge is 0.322 e. The number of benzene rings is 2. The summed E-state index contributed by atoms with van der Waals surface area (Å²) in [5, 5.41) is 13.0. The van der Waals surface area contributed by atoms with E-state index in [1.54, 1.807) is 30.0 Å². The van der Waals surface area contributed by atoms with Crippen molar-refractivity contribution in [3.8, 4) is 6.07 Å². The normalized spacial score (nSPS) is 10.0.